The first kappa shape index (κ1) is 27.5. The molecule has 6 rings (SSSR count). The molecular formula is C28H37ClFN9O. The van der Waals surface area contributed by atoms with E-state index in [-0.39, 0.29) is 33.9 Å². The summed E-state index contributed by atoms with van der Waals surface area (Å²) in [6.07, 6.45) is 9.74. The molecule has 40 heavy (non-hydrogen) atoms. The predicted octanol–water partition coefficient (Wildman–Crippen LogP) is 2.79. The van der Waals surface area contributed by atoms with Crippen LogP contribution in [0.1, 0.15) is 45.1 Å². The van der Waals surface area contributed by atoms with Gasteiger partial charge in [-0.15, -0.1) is 5.10 Å². The molecule has 6 atom stereocenters. The van der Waals surface area contributed by atoms with E-state index in [1.807, 2.05) is 0 Å². The van der Waals surface area contributed by atoms with Gasteiger partial charge < -0.3 is 10.6 Å². The van der Waals surface area contributed by atoms with E-state index in [0.29, 0.717) is 29.6 Å². The molecule has 3 saturated heterocycles. The summed E-state index contributed by atoms with van der Waals surface area (Å²) in [5.74, 6) is 0.390. The van der Waals surface area contributed by atoms with Gasteiger partial charge in [-0.25, -0.2) is 19.1 Å². The number of hydrogen-bond donors (Lipinski definition) is 3. The highest BCUT2D eigenvalue weighted by Crippen LogP contribution is 2.35. The van der Waals surface area contributed by atoms with Crippen LogP contribution in [0.5, 0.6) is 0 Å². The Hall–Kier alpha value is -2.70. The lowest BCUT2D eigenvalue weighted by atomic mass is 9.80. The molecule has 3 aliphatic rings. The van der Waals surface area contributed by atoms with Gasteiger partial charge in [-0.3, -0.25) is 14.8 Å². The van der Waals surface area contributed by atoms with Gasteiger partial charge >= 0.3 is 0 Å². The molecule has 2 bridgehead atoms. The van der Waals surface area contributed by atoms with Crippen LogP contribution in [0.3, 0.4) is 0 Å². The Morgan fingerprint density at radius 3 is 2.80 bits per heavy atom. The minimum absolute atomic E-state index is 0.0464. The smallest absolute Gasteiger partial charge is 0.254 e. The van der Waals surface area contributed by atoms with Gasteiger partial charge in [0.05, 0.1) is 46.7 Å². The molecule has 3 fully saturated rings. The average molecular weight is 570 g/mol. The minimum atomic E-state index is -0.645. The number of benzene rings is 1. The number of hydrogen-bond acceptors (Lipinski definition) is 8. The van der Waals surface area contributed by atoms with Crippen molar-refractivity contribution in [2.75, 3.05) is 26.7 Å². The number of likely N-dealkylation sites (N-methyl/N-ethyl adjacent to an activating group) is 1. The Morgan fingerprint density at radius 1 is 1.12 bits per heavy atom. The number of aromatic nitrogens is 5. The van der Waals surface area contributed by atoms with Crippen molar-refractivity contribution in [2.24, 2.45) is 11.8 Å². The number of hydrazine groups is 1. The summed E-state index contributed by atoms with van der Waals surface area (Å²) in [6.45, 7) is 5.13. The molecule has 10 nitrogen and oxygen atoms in total. The van der Waals surface area contributed by atoms with Gasteiger partial charge in [-0.1, -0.05) is 30.2 Å². The zero-order valence-corrected chi connectivity index (χ0v) is 23.7. The lowest BCUT2D eigenvalue weighted by molar-refractivity contribution is 0.108. The fraction of sp³-hybridized carbons (Fsp3) is 0.571. The third-order valence-corrected chi connectivity index (χ3v) is 9.25. The van der Waals surface area contributed by atoms with Gasteiger partial charge in [0, 0.05) is 37.8 Å². The van der Waals surface area contributed by atoms with Gasteiger partial charge in [0.15, 0.2) is 5.82 Å². The highest BCUT2D eigenvalue weighted by molar-refractivity contribution is 6.31. The van der Waals surface area contributed by atoms with Gasteiger partial charge in [0.25, 0.3) is 5.56 Å². The van der Waals surface area contributed by atoms with Crippen LogP contribution in [-0.4, -0.2) is 74.4 Å². The third kappa shape index (κ3) is 5.33. The van der Waals surface area contributed by atoms with Crippen molar-refractivity contribution >= 4 is 11.6 Å². The summed E-state index contributed by atoms with van der Waals surface area (Å²) in [4.78, 5) is 18.3. The molecule has 3 aromatic rings. The second-order valence-electron chi connectivity index (χ2n) is 11.5. The van der Waals surface area contributed by atoms with E-state index in [9.17, 15) is 4.79 Å². The van der Waals surface area contributed by atoms with Crippen molar-refractivity contribution < 1.29 is 4.39 Å². The first-order valence-electron chi connectivity index (χ1n) is 14.3. The van der Waals surface area contributed by atoms with E-state index < -0.39 is 5.82 Å². The molecule has 12 heteroatoms. The number of halogens is 2. The number of rotatable bonds is 3. The molecule has 0 aliphatic carbocycles. The zero-order valence-electron chi connectivity index (χ0n) is 22.9. The van der Waals surface area contributed by atoms with E-state index >= 15 is 4.39 Å². The van der Waals surface area contributed by atoms with Gasteiger partial charge in [0.1, 0.15) is 0 Å². The highest BCUT2D eigenvalue weighted by atomic mass is 35.5. The fourth-order valence-corrected chi connectivity index (χ4v) is 7.09. The second kappa shape index (κ2) is 11.7. The fourth-order valence-electron chi connectivity index (χ4n) is 6.93. The van der Waals surface area contributed by atoms with Gasteiger partial charge in [0.2, 0.25) is 0 Å². The van der Waals surface area contributed by atoms with Crippen LogP contribution in [0.2, 0.25) is 5.02 Å². The van der Waals surface area contributed by atoms with Crippen molar-refractivity contribution in [3.05, 3.63) is 58.1 Å². The summed E-state index contributed by atoms with van der Waals surface area (Å²) < 4.78 is 18.6. The quantitative estimate of drug-likeness (QED) is 0.442. The van der Waals surface area contributed by atoms with E-state index in [2.05, 4.69) is 50.3 Å². The van der Waals surface area contributed by atoms with Crippen LogP contribution in [-0.2, 0) is 0 Å². The summed E-state index contributed by atoms with van der Waals surface area (Å²) >= 11 is 6.14. The topological polar surface area (TPSA) is 105 Å². The lowest BCUT2D eigenvalue weighted by Crippen LogP contribution is -2.54. The minimum Gasteiger partial charge on any atom is -0.312 e. The average Bonchev–Trinajstić information content (AvgIpc) is 3.61. The lowest BCUT2D eigenvalue weighted by Gasteiger charge is -2.42. The van der Waals surface area contributed by atoms with Crippen LogP contribution in [0, 0.1) is 17.7 Å². The Balaban J connectivity index is 1.35. The molecule has 0 spiro atoms. The number of piperidine rings is 1. The Bertz CT molecular complexity index is 1380. The zero-order chi connectivity index (χ0) is 27.8. The Kier molecular flexibility index (Phi) is 8.00. The predicted molar refractivity (Wildman–Crippen MR) is 152 cm³/mol. The van der Waals surface area contributed by atoms with E-state index in [1.165, 1.54) is 23.0 Å². The van der Waals surface area contributed by atoms with Crippen LogP contribution >= 0.6 is 11.6 Å². The molecule has 0 radical (unpaired) electrons. The van der Waals surface area contributed by atoms with Crippen LogP contribution in [0.25, 0.3) is 16.9 Å². The first-order valence-corrected chi connectivity index (χ1v) is 14.6. The van der Waals surface area contributed by atoms with Crippen molar-refractivity contribution in [1.29, 1.82) is 0 Å². The Labute approximate surface area is 238 Å². The molecule has 5 heterocycles. The molecule has 3 aliphatic heterocycles. The molecule has 0 amide bonds. The maximum absolute atomic E-state index is 15.4. The number of fused-ring (bicyclic) bond motifs is 4. The molecule has 2 aromatic heterocycles. The summed E-state index contributed by atoms with van der Waals surface area (Å²) in [7, 11) is 2.14. The summed E-state index contributed by atoms with van der Waals surface area (Å²) in [5, 5.41) is 17.6. The van der Waals surface area contributed by atoms with Crippen molar-refractivity contribution in [3.8, 4) is 16.9 Å². The SMILES string of the molecule is C[C@@H]1CCC[C@H](n2cnc(-c3c(-n4ccnn4)ccc(Cl)c3F)cc2=O)C2CC(CCN2)C2C(CNN2C)NC1. The van der Waals surface area contributed by atoms with Crippen molar-refractivity contribution in [1.82, 2.24) is 45.6 Å². The van der Waals surface area contributed by atoms with Gasteiger partial charge in [-0.2, -0.15) is 0 Å². The van der Waals surface area contributed by atoms with Crippen molar-refractivity contribution in [3.63, 3.8) is 0 Å². The number of nitrogens with one attached hydrogen (secondary N) is 3. The molecule has 1 aromatic carbocycles. The maximum Gasteiger partial charge on any atom is 0.254 e. The first-order chi connectivity index (χ1) is 19.4. The summed E-state index contributed by atoms with van der Waals surface area (Å²) in [6, 6.07) is 5.44. The standard InChI is InChI=1S/C28H37ClFN9O/c1-17-4-3-5-23(20-12-18(8-9-31-20)28-22(32-14-17)15-35-37(28)2)38-16-33-21(13-25(38)40)26-24(39-11-10-34-36-39)7-6-19(29)27(26)30/h6-7,10-11,13,16-18,20,22-23,28,31-32,35H,3-5,8-9,12,14-15H2,1-2H3/t17-,18?,20?,22?,23+,28?/m1/s1. The largest absolute Gasteiger partial charge is 0.312 e. The van der Waals surface area contributed by atoms with Crippen LogP contribution < -0.4 is 21.6 Å². The monoisotopic (exact) mass is 569 g/mol. The molecular weight excluding hydrogens is 533 g/mol. The normalized spacial score (nSPS) is 29.9. The second-order valence-corrected chi connectivity index (χ2v) is 12.0. The highest BCUT2D eigenvalue weighted by Gasteiger charge is 2.41. The third-order valence-electron chi connectivity index (χ3n) is 8.96. The Morgan fingerprint density at radius 2 is 2.00 bits per heavy atom. The molecule has 0 saturated carbocycles. The van der Waals surface area contributed by atoms with E-state index in [4.69, 9.17) is 11.6 Å². The molecule has 3 N–H and O–H groups in total. The van der Waals surface area contributed by atoms with Crippen molar-refractivity contribution in [2.45, 2.75) is 63.2 Å². The van der Waals surface area contributed by atoms with Gasteiger partial charge in [-0.05, 0) is 62.7 Å². The molecule has 4 unspecified atom stereocenters. The van der Waals surface area contributed by atoms with E-state index in [1.54, 1.807) is 23.2 Å². The summed E-state index contributed by atoms with van der Waals surface area (Å²) in [5.41, 5.74) is 4.09. The van der Waals surface area contributed by atoms with Crippen LogP contribution in [0.15, 0.2) is 41.7 Å². The van der Waals surface area contributed by atoms with Crippen LogP contribution in [0.4, 0.5) is 4.39 Å². The number of nitrogens with zero attached hydrogens (tertiary/aromatic N) is 6. The maximum atomic E-state index is 15.4. The molecule has 214 valence electrons. The van der Waals surface area contributed by atoms with E-state index in [0.717, 1.165) is 51.7 Å².